The molecule has 100 valence electrons. The van der Waals surface area contributed by atoms with E-state index in [9.17, 15) is 4.79 Å². The smallest absolute Gasteiger partial charge is 0.256 e. The van der Waals surface area contributed by atoms with Gasteiger partial charge in [0.15, 0.2) is 0 Å². The fourth-order valence-corrected chi connectivity index (χ4v) is 2.75. The molecule has 0 saturated heterocycles. The van der Waals surface area contributed by atoms with E-state index in [0.29, 0.717) is 16.8 Å². The minimum Gasteiger partial charge on any atom is -0.321 e. The molecule has 1 N–H and O–H groups in total. The van der Waals surface area contributed by atoms with Crippen molar-refractivity contribution in [1.29, 1.82) is 5.26 Å². The molecule has 2 rings (SSSR count). The van der Waals surface area contributed by atoms with Crippen LogP contribution in [0.1, 0.15) is 21.5 Å². The Kier molecular flexibility index (Phi) is 4.58. The average Bonchev–Trinajstić information content (AvgIpc) is 2.38. The highest BCUT2D eigenvalue weighted by Crippen LogP contribution is 2.23. The van der Waals surface area contributed by atoms with E-state index in [-0.39, 0.29) is 5.91 Å². The van der Waals surface area contributed by atoms with Gasteiger partial charge in [-0.05, 0) is 58.7 Å². The topological polar surface area (TPSA) is 52.9 Å². The Hall–Kier alpha value is -1.64. The summed E-state index contributed by atoms with van der Waals surface area (Å²) in [4.78, 5) is 12.3. The van der Waals surface area contributed by atoms with Crippen molar-refractivity contribution in [3.05, 3.63) is 62.0 Å². The molecule has 0 radical (unpaired) electrons. The first kappa shape index (κ1) is 14.8. The van der Waals surface area contributed by atoms with Crippen LogP contribution in [0.5, 0.6) is 0 Å². The highest BCUT2D eigenvalue weighted by Gasteiger charge is 2.12. The summed E-state index contributed by atoms with van der Waals surface area (Å²) in [6.45, 7) is 1.95. The standard InChI is InChI=1S/C15H10Br2N2O/c1-9-2-5-12(13(17)6-9)15(20)19-14-7-11(16)4-3-10(14)8-18/h2-7H,1H3,(H,19,20). The van der Waals surface area contributed by atoms with E-state index in [1.807, 2.05) is 19.1 Å². The number of aryl methyl sites for hydroxylation is 1. The van der Waals surface area contributed by atoms with Crippen LogP contribution in [0.3, 0.4) is 0 Å². The molecule has 5 heteroatoms. The van der Waals surface area contributed by atoms with Crippen LogP contribution >= 0.6 is 31.9 Å². The Morgan fingerprint density at radius 3 is 2.60 bits per heavy atom. The number of amides is 1. The number of hydrogen-bond acceptors (Lipinski definition) is 2. The fraction of sp³-hybridized carbons (Fsp3) is 0.0667. The van der Waals surface area contributed by atoms with Crippen LogP contribution in [-0.4, -0.2) is 5.91 Å². The second kappa shape index (κ2) is 6.21. The van der Waals surface area contributed by atoms with Gasteiger partial charge in [0.1, 0.15) is 6.07 Å². The number of nitriles is 1. The number of nitrogens with zero attached hydrogens (tertiary/aromatic N) is 1. The Morgan fingerprint density at radius 2 is 1.95 bits per heavy atom. The molecule has 0 aliphatic heterocycles. The van der Waals surface area contributed by atoms with Gasteiger partial charge < -0.3 is 5.32 Å². The molecular weight excluding hydrogens is 384 g/mol. The Morgan fingerprint density at radius 1 is 1.20 bits per heavy atom. The van der Waals surface area contributed by atoms with Crippen molar-refractivity contribution in [2.24, 2.45) is 0 Å². The molecule has 0 heterocycles. The largest absolute Gasteiger partial charge is 0.321 e. The molecule has 0 bridgehead atoms. The number of hydrogen-bond donors (Lipinski definition) is 1. The Balaban J connectivity index is 2.33. The number of nitrogens with one attached hydrogen (secondary N) is 1. The molecule has 2 aromatic rings. The monoisotopic (exact) mass is 392 g/mol. The Labute approximate surface area is 133 Å². The third-order valence-corrected chi connectivity index (χ3v) is 3.87. The normalized spacial score (nSPS) is 9.90. The maximum Gasteiger partial charge on any atom is 0.256 e. The van der Waals surface area contributed by atoms with E-state index in [1.54, 1.807) is 24.3 Å². The van der Waals surface area contributed by atoms with Crippen molar-refractivity contribution in [2.75, 3.05) is 5.32 Å². The lowest BCUT2D eigenvalue weighted by atomic mass is 10.1. The van der Waals surface area contributed by atoms with Crippen LogP contribution < -0.4 is 5.32 Å². The zero-order valence-corrected chi connectivity index (χ0v) is 13.7. The van der Waals surface area contributed by atoms with Gasteiger partial charge in [-0.15, -0.1) is 0 Å². The quantitative estimate of drug-likeness (QED) is 0.807. The van der Waals surface area contributed by atoms with E-state index in [4.69, 9.17) is 5.26 Å². The summed E-state index contributed by atoms with van der Waals surface area (Å²) in [6.07, 6.45) is 0. The average molecular weight is 394 g/mol. The van der Waals surface area contributed by atoms with Gasteiger partial charge in [-0.3, -0.25) is 4.79 Å². The molecule has 3 nitrogen and oxygen atoms in total. The molecule has 2 aromatic carbocycles. The minimum absolute atomic E-state index is 0.258. The summed E-state index contributed by atoms with van der Waals surface area (Å²) in [6, 6.07) is 12.7. The molecule has 0 aliphatic rings. The van der Waals surface area contributed by atoms with Gasteiger partial charge in [0.2, 0.25) is 0 Å². The van der Waals surface area contributed by atoms with Gasteiger partial charge >= 0.3 is 0 Å². The van der Waals surface area contributed by atoms with Crippen molar-refractivity contribution >= 4 is 43.5 Å². The summed E-state index contributed by atoms with van der Waals surface area (Å²) in [5.74, 6) is -0.258. The Bertz CT molecular complexity index is 720. The third kappa shape index (κ3) is 3.27. The van der Waals surface area contributed by atoms with E-state index in [1.165, 1.54) is 0 Å². The molecule has 1 amide bonds. The van der Waals surface area contributed by atoms with Crippen LogP contribution in [0.2, 0.25) is 0 Å². The maximum absolute atomic E-state index is 12.3. The summed E-state index contributed by atoms with van der Waals surface area (Å²) >= 11 is 6.70. The SMILES string of the molecule is Cc1ccc(C(=O)Nc2cc(Br)ccc2C#N)c(Br)c1. The van der Waals surface area contributed by atoms with Gasteiger partial charge in [-0.1, -0.05) is 22.0 Å². The molecule has 20 heavy (non-hydrogen) atoms. The van der Waals surface area contributed by atoms with Gasteiger partial charge in [-0.2, -0.15) is 5.26 Å². The summed E-state index contributed by atoms with van der Waals surface area (Å²) in [5, 5.41) is 11.8. The molecule has 0 fully saturated rings. The second-order valence-corrected chi connectivity index (χ2v) is 6.01. The van der Waals surface area contributed by atoms with Crippen molar-refractivity contribution in [2.45, 2.75) is 6.92 Å². The lowest BCUT2D eigenvalue weighted by molar-refractivity contribution is 0.102. The van der Waals surface area contributed by atoms with Crippen molar-refractivity contribution < 1.29 is 4.79 Å². The van der Waals surface area contributed by atoms with E-state index in [0.717, 1.165) is 14.5 Å². The first-order valence-electron chi connectivity index (χ1n) is 5.78. The number of anilines is 1. The highest BCUT2D eigenvalue weighted by molar-refractivity contribution is 9.10. The van der Waals surface area contributed by atoms with Crippen LogP contribution in [0.15, 0.2) is 45.3 Å². The zero-order valence-electron chi connectivity index (χ0n) is 10.6. The zero-order chi connectivity index (χ0) is 14.7. The molecule has 0 saturated carbocycles. The summed E-state index contributed by atoms with van der Waals surface area (Å²) in [7, 11) is 0. The fourth-order valence-electron chi connectivity index (χ4n) is 1.71. The van der Waals surface area contributed by atoms with Crippen LogP contribution in [-0.2, 0) is 0 Å². The predicted octanol–water partition coefficient (Wildman–Crippen LogP) is 4.64. The van der Waals surface area contributed by atoms with Gasteiger partial charge in [0, 0.05) is 8.95 Å². The van der Waals surface area contributed by atoms with Gasteiger partial charge in [0.05, 0.1) is 16.8 Å². The number of carbonyl (C=O) groups excluding carboxylic acids is 1. The van der Waals surface area contributed by atoms with E-state index >= 15 is 0 Å². The summed E-state index contributed by atoms with van der Waals surface area (Å²) in [5.41, 5.74) is 2.50. The van der Waals surface area contributed by atoms with Crippen LogP contribution in [0.25, 0.3) is 0 Å². The van der Waals surface area contributed by atoms with Crippen molar-refractivity contribution in [3.63, 3.8) is 0 Å². The lowest BCUT2D eigenvalue weighted by Gasteiger charge is -2.09. The van der Waals surface area contributed by atoms with Crippen molar-refractivity contribution in [1.82, 2.24) is 0 Å². The second-order valence-electron chi connectivity index (χ2n) is 4.24. The lowest BCUT2D eigenvalue weighted by Crippen LogP contribution is -2.13. The molecule has 0 spiro atoms. The minimum atomic E-state index is -0.258. The van der Waals surface area contributed by atoms with E-state index < -0.39 is 0 Å². The molecule has 0 aromatic heterocycles. The number of carbonyl (C=O) groups is 1. The molecule has 0 unspecified atom stereocenters. The van der Waals surface area contributed by atoms with Crippen LogP contribution in [0, 0.1) is 18.3 Å². The predicted molar refractivity (Wildman–Crippen MR) is 85.7 cm³/mol. The van der Waals surface area contributed by atoms with Crippen molar-refractivity contribution in [3.8, 4) is 6.07 Å². The maximum atomic E-state index is 12.3. The van der Waals surface area contributed by atoms with Crippen LogP contribution in [0.4, 0.5) is 5.69 Å². The number of rotatable bonds is 2. The van der Waals surface area contributed by atoms with Gasteiger partial charge in [0.25, 0.3) is 5.91 Å². The number of benzene rings is 2. The first-order chi connectivity index (χ1) is 9.51. The molecule has 0 atom stereocenters. The molecular formula is C15H10Br2N2O. The van der Waals surface area contributed by atoms with Gasteiger partial charge in [-0.25, -0.2) is 0 Å². The summed E-state index contributed by atoms with van der Waals surface area (Å²) < 4.78 is 1.53. The number of halogens is 2. The first-order valence-corrected chi connectivity index (χ1v) is 7.37. The third-order valence-electron chi connectivity index (χ3n) is 2.72. The molecule has 0 aliphatic carbocycles. The van der Waals surface area contributed by atoms with E-state index in [2.05, 4.69) is 43.2 Å². The highest BCUT2D eigenvalue weighted by atomic mass is 79.9.